The van der Waals surface area contributed by atoms with Crippen molar-refractivity contribution < 1.29 is 8.42 Å². The molecule has 2 heterocycles. The van der Waals surface area contributed by atoms with Crippen LogP contribution >= 0.6 is 0 Å². The van der Waals surface area contributed by atoms with Gasteiger partial charge < -0.3 is 10.3 Å². The molecule has 0 aliphatic carbocycles. The quantitative estimate of drug-likeness (QED) is 0.886. The van der Waals surface area contributed by atoms with E-state index in [9.17, 15) is 8.42 Å². The highest BCUT2D eigenvalue weighted by atomic mass is 32.2. The van der Waals surface area contributed by atoms with Crippen LogP contribution in [0.3, 0.4) is 0 Å². The SMILES string of the molecule is O=S1(=O)CCC(NCc2nc3ccccc3[nH]2)CC1. The number of rotatable bonds is 3. The Morgan fingerprint density at radius 3 is 2.74 bits per heavy atom. The van der Waals surface area contributed by atoms with Gasteiger partial charge in [-0.15, -0.1) is 0 Å². The first-order valence-electron chi connectivity index (χ1n) is 6.50. The number of benzene rings is 1. The zero-order valence-electron chi connectivity index (χ0n) is 10.6. The Labute approximate surface area is 112 Å². The van der Waals surface area contributed by atoms with Crippen LogP contribution < -0.4 is 5.32 Å². The summed E-state index contributed by atoms with van der Waals surface area (Å²) >= 11 is 0. The van der Waals surface area contributed by atoms with Crippen LogP contribution in [-0.4, -0.2) is 35.9 Å². The van der Waals surface area contributed by atoms with Crippen molar-refractivity contribution in [2.24, 2.45) is 0 Å². The summed E-state index contributed by atoms with van der Waals surface area (Å²) in [5.74, 6) is 1.49. The molecule has 19 heavy (non-hydrogen) atoms. The maximum atomic E-state index is 11.3. The van der Waals surface area contributed by atoms with E-state index in [1.807, 2.05) is 24.3 Å². The van der Waals surface area contributed by atoms with E-state index in [2.05, 4.69) is 15.3 Å². The van der Waals surface area contributed by atoms with Gasteiger partial charge in [0.15, 0.2) is 0 Å². The van der Waals surface area contributed by atoms with E-state index in [1.165, 1.54) is 0 Å². The van der Waals surface area contributed by atoms with Crippen molar-refractivity contribution in [3.05, 3.63) is 30.1 Å². The minimum absolute atomic E-state index is 0.275. The molecule has 0 bridgehead atoms. The van der Waals surface area contributed by atoms with Crippen molar-refractivity contribution in [1.82, 2.24) is 15.3 Å². The smallest absolute Gasteiger partial charge is 0.150 e. The Bertz CT molecular complexity index is 631. The molecular formula is C13H17N3O2S. The fourth-order valence-electron chi connectivity index (χ4n) is 2.42. The molecule has 1 aliphatic heterocycles. The number of hydrogen-bond donors (Lipinski definition) is 2. The monoisotopic (exact) mass is 279 g/mol. The molecule has 2 aromatic rings. The molecule has 0 amide bonds. The third-order valence-corrected chi connectivity index (χ3v) is 5.27. The molecule has 0 saturated carbocycles. The molecule has 1 fully saturated rings. The molecule has 2 N–H and O–H groups in total. The van der Waals surface area contributed by atoms with Gasteiger partial charge in [0.05, 0.1) is 29.1 Å². The van der Waals surface area contributed by atoms with Gasteiger partial charge in [0, 0.05) is 6.04 Å². The van der Waals surface area contributed by atoms with Gasteiger partial charge >= 0.3 is 0 Å². The fraction of sp³-hybridized carbons (Fsp3) is 0.462. The molecule has 0 radical (unpaired) electrons. The van der Waals surface area contributed by atoms with Gasteiger partial charge in [0.1, 0.15) is 15.7 Å². The van der Waals surface area contributed by atoms with Crippen LogP contribution in [0.15, 0.2) is 24.3 Å². The average Bonchev–Trinajstić information content (AvgIpc) is 2.80. The number of imidazole rings is 1. The molecule has 5 nitrogen and oxygen atoms in total. The number of H-pyrrole nitrogens is 1. The second-order valence-corrected chi connectivity index (χ2v) is 7.31. The summed E-state index contributed by atoms with van der Waals surface area (Å²) < 4.78 is 22.7. The first kappa shape index (κ1) is 12.6. The zero-order valence-corrected chi connectivity index (χ0v) is 11.4. The zero-order chi connectivity index (χ0) is 13.3. The summed E-state index contributed by atoms with van der Waals surface area (Å²) in [6.07, 6.45) is 1.39. The lowest BCUT2D eigenvalue weighted by Gasteiger charge is -2.22. The molecule has 1 saturated heterocycles. The van der Waals surface area contributed by atoms with Crippen molar-refractivity contribution in [2.45, 2.75) is 25.4 Å². The molecule has 1 aromatic carbocycles. The van der Waals surface area contributed by atoms with E-state index < -0.39 is 9.84 Å². The molecule has 102 valence electrons. The summed E-state index contributed by atoms with van der Waals surface area (Å²) in [5, 5.41) is 3.38. The van der Waals surface area contributed by atoms with Crippen LogP contribution in [0, 0.1) is 0 Å². The standard InChI is InChI=1S/C13H17N3O2S/c17-19(18)7-5-10(6-8-19)14-9-13-15-11-3-1-2-4-12(11)16-13/h1-4,10,14H,5-9H2,(H,15,16). The minimum atomic E-state index is -2.78. The molecule has 1 aliphatic rings. The lowest BCUT2D eigenvalue weighted by Crippen LogP contribution is -2.37. The third-order valence-electron chi connectivity index (χ3n) is 3.55. The fourth-order valence-corrected chi connectivity index (χ4v) is 3.92. The number of nitrogens with zero attached hydrogens (tertiary/aromatic N) is 1. The number of hydrogen-bond acceptors (Lipinski definition) is 4. The van der Waals surface area contributed by atoms with Gasteiger partial charge in [0.2, 0.25) is 0 Å². The summed E-state index contributed by atoms with van der Waals surface area (Å²) in [6.45, 7) is 0.652. The van der Waals surface area contributed by atoms with Crippen molar-refractivity contribution in [2.75, 3.05) is 11.5 Å². The average molecular weight is 279 g/mol. The van der Waals surface area contributed by atoms with E-state index in [4.69, 9.17) is 0 Å². The van der Waals surface area contributed by atoms with E-state index >= 15 is 0 Å². The Hall–Kier alpha value is -1.40. The highest BCUT2D eigenvalue weighted by Gasteiger charge is 2.23. The number of fused-ring (bicyclic) bond motifs is 1. The van der Waals surface area contributed by atoms with Crippen LogP contribution in [0.2, 0.25) is 0 Å². The molecular weight excluding hydrogens is 262 g/mol. The summed E-state index contributed by atoms with van der Waals surface area (Å²) in [6, 6.07) is 8.19. The van der Waals surface area contributed by atoms with E-state index in [0.717, 1.165) is 16.9 Å². The maximum Gasteiger partial charge on any atom is 0.150 e. The van der Waals surface area contributed by atoms with Crippen molar-refractivity contribution >= 4 is 20.9 Å². The Morgan fingerprint density at radius 2 is 2.00 bits per heavy atom. The number of para-hydroxylation sites is 2. The van der Waals surface area contributed by atoms with Gasteiger partial charge in [-0.25, -0.2) is 13.4 Å². The second kappa shape index (κ2) is 4.94. The van der Waals surface area contributed by atoms with Gasteiger partial charge in [-0.2, -0.15) is 0 Å². The third kappa shape index (κ3) is 2.96. The highest BCUT2D eigenvalue weighted by Crippen LogP contribution is 2.14. The number of sulfone groups is 1. The van der Waals surface area contributed by atoms with Crippen molar-refractivity contribution in [3.63, 3.8) is 0 Å². The molecule has 0 spiro atoms. The van der Waals surface area contributed by atoms with Crippen LogP contribution in [0.5, 0.6) is 0 Å². The highest BCUT2D eigenvalue weighted by molar-refractivity contribution is 7.91. The van der Waals surface area contributed by atoms with Gasteiger partial charge in [-0.05, 0) is 25.0 Å². The Balaban J connectivity index is 1.60. The first-order chi connectivity index (χ1) is 9.12. The lowest BCUT2D eigenvalue weighted by atomic mass is 10.1. The van der Waals surface area contributed by atoms with Crippen LogP contribution in [0.1, 0.15) is 18.7 Å². The second-order valence-electron chi connectivity index (χ2n) is 5.01. The van der Waals surface area contributed by atoms with E-state index in [-0.39, 0.29) is 6.04 Å². The van der Waals surface area contributed by atoms with Gasteiger partial charge in [-0.1, -0.05) is 12.1 Å². The Morgan fingerprint density at radius 1 is 1.26 bits per heavy atom. The predicted molar refractivity (Wildman–Crippen MR) is 74.6 cm³/mol. The number of nitrogens with one attached hydrogen (secondary N) is 2. The Kier molecular flexibility index (Phi) is 3.28. The number of aromatic nitrogens is 2. The van der Waals surface area contributed by atoms with Crippen molar-refractivity contribution in [3.8, 4) is 0 Å². The number of aromatic amines is 1. The van der Waals surface area contributed by atoms with Gasteiger partial charge in [0.25, 0.3) is 0 Å². The lowest BCUT2D eigenvalue weighted by molar-refractivity contribution is 0.458. The predicted octanol–water partition coefficient (Wildman–Crippen LogP) is 1.23. The maximum absolute atomic E-state index is 11.3. The summed E-state index contributed by atoms with van der Waals surface area (Å²) in [4.78, 5) is 7.75. The van der Waals surface area contributed by atoms with Crippen LogP contribution in [0.4, 0.5) is 0 Å². The molecule has 0 atom stereocenters. The van der Waals surface area contributed by atoms with Crippen LogP contribution in [0.25, 0.3) is 11.0 Å². The van der Waals surface area contributed by atoms with Crippen LogP contribution in [-0.2, 0) is 16.4 Å². The van der Waals surface area contributed by atoms with E-state index in [1.54, 1.807) is 0 Å². The largest absolute Gasteiger partial charge is 0.341 e. The summed E-state index contributed by atoms with van der Waals surface area (Å²) in [5.41, 5.74) is 2.00. The topological polar surface area (TPSA) is 74.8 Å². The summed E-state index contributed by atoms with van der Waals surface area (Å²) in [7, 11) is -2.78. The molecule has 3 rings (SSSR count). The normalized spacial score (nSPS) is 19.8. The van der Waals surface area contributed by atoms with E-state index in [0.29, 0.717) is 30.9 Å². The molecule has 6 heteroatoms. The molecule has 0 unspecified atom stereocenters. The minimum Gasteiger partial charge on any atom is -0.341 e. The first-order valence-corrected chi connectivity index (χ1v) is 8.32. The molecule has 1 aromatic heterocycles. The van der Waals surface area contributed by atoms with Crippen molar-refractivity contribution in [1.29, 1.82) is 0 Å². The van der Waals surface area contributed by atoms with Gasteiger partial charge in [-0.3, -0.25) is 0 Å².